The molecule has 578 valence electrons. The summed E-state index contributed by atoms with van der Waals surface area (Å²) in [5.74, 6) is 1.38. The lowest BCUT2D eigenvalue weighted by molar-refractivity contribution is 1.17. The first-order valence-electron chi connectivity index (χ1n) is 42.3. The average Bonchev–Trinajstić information content (AvgIpc) is 1.55. The highest BCUT2D eigenvalue weighted by molar-refractivity contribution is 6.20. The summed E-state index contributed by atoms with van der Waals surface area (Å²) >= 11 is 0. The standard InChI is InChI=1S/C60H39N3.C58H37N3/c1-5-16-40(17-6-1)41-28-30-44(31-29-41)51-38-53-55(39-52(51)43-20-9-3-10-21-43)61-60(62-59(53)45-22-11-4-12-23-45)46-32-34-49(35-33-46)63-56-27-15-26-50(42-18-7-2-8-19-42)58(56)54-36-47-24-13-14-25-48(47)37-57(54)63;1-4-16-39(17-5-1)48-25-14-26-54-56(48)52-34-44-23-12-13-24-45(44)35-55(52)61(54)47-31-29-42(30-32-47)58-59-53-37-50(46-28-27-38-15-10-11-22-43(38)33-46)49(40-18-6-2-7-19-40)36-51(53)57(60-58)41-20-8-3-9-21-41/h1-39H;1-37H. The Bertz CT molecular complexity index is 8200. The molecule has 0 aliphatic rings. The van der Waals surface area contributed by atoms with Gasteiger partial charge in [-0.2, -0.15) is 0 Å². The van der Waals surface area contributed by atoms with Crippen molar-refractivity contribution < 1.29 is 0 Å². The minimum Gasteiger partial charge on any atom is -0.309 e. The van der Waals surface area contributed by atoms with Gasteiger partial charge in [-0.1, -0.05) is 346 Å². The molecule has 24 rings (SSSR count). The first-order chi connectivity index (χ1) is 61.5. The van der Waals surface area contributed by atoms with Gasteiger partial charge in [0.15, 0.2) is 11.6 Å². The summed E-state index contributed by atoms with van der Waals surface area (Å²) in [7, 11) is 0. The fourth-order valence-corrected chi connectivity index (χ4v) is 18.6. The first-order valence-corrected chi connectivity index (χ1v) is 42.3. The van der Waals surface area contributed by atoms with Crippen molar-refractivity contribution in [3.8, 4) is 135 Å². The maximum Gasteiger partial charge on any atom is 0.160 e. The van der Waals surface area contributed by atoms with Gasteiger partial charge in [0.1, 0.15) is 0 Å². The normalized spacial score (nSPS) is 11.5. The summed E-state index contributed by atoms with van der Waals surface area (Å²) in [6.07, 6.45) is 0. The molecule has 0 N–H and O–H groups in total. The van der Waals surface area contributed by atoms with E-state index in [0.29, 0.717) is 11.6 Å². The van der Waals surface area contributed by atoms with Crippen LogP contribution in [0.5, 0.6) is 0 Å². The van der Waals surface area contributed by atoms with Crippen molar-refractivity contribution in [2.45, 2.75) is 0 Å². The summed E-state index contributed by atoms with van der Waals surface area (Å²) < 4.78 is 4.81. The Morgan fingerprint density at radius 1 is 0.153 bits per heavy atom. The molecule has 0 atom stereocenters. The third kappa shape index (κ3) is 13.2. The van der Waals surface area contributed by atoms with E-state index in [1.54, 1.807) is 0 Å². The highest BCUT2D eigenvalue weighted by Crippen LogP contribution is 2.47. The second kappa shape index (κ2) is 31.0. The lowest BCUT2D eigenvalue weighted by atomic mass is 9.90. The lowest BCUT2D eigenvalue weighted by Gasteiger charge is -2.16. The largest absolute Gasteiger partial charge is 0.309 e. The van der Waals surface area contributed by atoms with Crippen LogP contribution in [0.15, 0.2) is 461 Å². The second-order valence-corrected chi connectivity index (χ2v) is 31.9. The molecular weight excluding hydrogens is 1500 g/mol. The van der Waals surface area contributed by atoms with Gasteiger partial charge in [0.25, 0.3) is 0 Å². The molecule has 20 aromatic carbocycles. The molecule has 0 spiro atoms. The fourth-order valence-electron chi connectivity index (χ4n) is 18.6. The van der Waals surface area contributed by atoms with E-state index >= 15 is 0 Å². The molecule has 0 saturated carbocycles. The number of hydrogen-bond donors (Lipinski definition) is 0. The topological polar surface area (TPSA) is 61.4 Å². The molecule has 0 fully saturated rings. The fraction of sp³-hybridized carbons (Fsp3) is 0. The van der Waals surface area contributed by atoms with Crippen LogP contribution in [0.2, 0.25) is 0 Å². The number of hydrogen-bond acceptors (Lipinski definition) is 4. The maximum absolute atomic E-state index is 5.39. The van der Waals surface area contributed by atoms with Gasteiger partial charge in [0.2, 0.25) is 0 Å². The predicted octanol–water partition coefficient (Wildman–Crippen LogP) is 31.3. The van der Waals surface area contributed by atoms with Crippen molar-refractivity contribution in [1.29, 1.82) is 0 Å². The van der Waals surface area contributed by atoms with Gasteiger partial charge in [0.05, 0.1) is 44.5 Å². The molecule has 6 nitrogen and oxygen atoms in total. The van der Waals surface area contributed by atoms with E-state index < -0.39 is 0 Å². The lowest BCUT2D eigenvalue weighted by Crippen LogP contribution is -1.98. The molecule has 0 radical (unpaired) electrons. The summed E-state index contributed by atoms with van der Waals surface area (Å²) in [5, 5.41) is 14.3. The zero-order valence-corrected chi connectivity index (χ0v) is 67.6. The zero-order valence-electron chi connectivity index (χ0n) is 67.6. The Morgan fingerprint density at radius 2 is 0.444 bits per heavy atom. The summed E-state index contributed by atoms with van der Waals surface area (Å²) in [6.45, 7) is 0. The van der Waals surface area contributed by atoms with Crippen molar-refractivity contribution in [2.75, 3.05) is 0 Å². The van der Waals surface area contributed by atoms with E-state index in [-0.39, 0.29) is 0 Å². The van der Waals surface area contributed by atoms with E-state index in [9.17, 15) is 0 Å². The Kier molecular flexibility index (Phi) is 18.2. The molecule has 124 heavy (non-hydrogen) atoms. The van der Waals surface area contributed by atoms with Crippen LogP contribution < -0.4 is 0 Å². The second-order valence-electron chi connectivity index (χ2n) is 31.9. The SMILES string of the molecule is c1ccc(-c2cc3c(-c4ccccc4)nc(-c4ccc(-n5c6cc7ccccc7cc6c6c(-c7ccccc7)cccc65)cc4)nc3cc2-c2ccc3ccccc3c2)cc1.c1ccc(-c2ccc(-c3cc4c(-c5ccccc5)nc(-c5ccc(-n6c7cc8ccccc8cc7c7c(-c8ccccc8)cccc76)cc5)nc4cc3-c3ccccc3)cc2)cc1. The Hall–Kier alpha value is -16.5. The summed E-state index contributed by atoms with van der Waals surface area (Å²) in [4.78, 5) is 21.5. The van der Waals surface area contributed by atoms with Gasteiger partial charge in [0, 0.05) is 65.9 Å². The highest BCUT2D eigenvalue weighted by Gasteiger charge is 2.24. The van der Waals surface area contributed by atoms with Crippen LogP contribution in [-0.4, -0.2) is 29.1 Å². The van der Waals surface area contributed by atoms with Crippen LogP contribution in [0.3, 0.4) is 0 Å². The Labute approximate surface area is 717 Å². The number of benzene rings is 20. The first kappa shape index (κ1) is 72.7. The van der Waals surface area contributed by atoms with Crippen LogP contribution in [-0.2, 0) is 0 Å². The van der Waals surface area contributed by atoms with Gasteiger partial charge in [-0.05, 0) is 225 Å². The Balaban J connectivity index is 0.000000143. The number of nitrogens with zero attached hydrogens (tertiary/aromatic N) is 6. The molecular formula is C118H76N6. The molecule has 24 aromatic rings. The quantitative estimate of drug-likeness (QED) is 0.115. The number of rotatable bonds is 13. The minimum atomic E-state index is 0.687. The van der Waals surface area contributed by atoms with E-state index in [4.69, 9.17) is 19.9 Å². The van der Waals surface area contributed by atoms with Crippen LogP contribution in [0.1, 0.15) is 0 Å². The van der Waals surface area contributed by atoms with Gasteiger partial charge in [-0.15, -0.1) is 0 Å². The molecule has 0 amide bonds. The summed E-state index contributed by atoms with van der Waals surface area (Å²) in [5.41, 5.74) is 30.9. The summed E-state index contributed by atoms with van der Waals surface area (Å²) in [6, 6.07) is 165. The van der Waals surface area contributed by atoms with Crippen molar-refractivity contribution in [3.63, 3.8) is 0 Å². The van der Waals surface area contributed by atoms with Crippen LogP contribution in [0.4, 0.5) is 0 Å². The smallest absolute Gasteiger partial charge is 0.160 e. The number of aromatic nitrogens is 6. The van der Waals surface area contributed by atoms with Crippen molar-refractivity contribution in [2.24, 2.45) is 0 Å². The molecule has 4 aromatic heterocycles. The monoisotopic (exact) mass is 1580 g/mol. The van der Waals surface area contributed by atoms with Crippen LogP contribution >= 0.6 is 0 Å². The molecule has 0 aliphatic carbocycles. The van der Waals surface area contributed by atoms with E-state index in [0.717, 1.165) is 111 Å². The van der Waals surface area contributed by atoms with Crippen molar-refractivity contribution in [3.05, 3.63) is 461 Å². The van der Waals surface area contributed by atoms with Crippen molar-refractivity contribution in [1.82, 2.24) is 29.1 Å². The van der Waals surface area contributed by atoms with E-state index in [2.05, 4.69) is 470 Å². The number of fused-ring (bicyclic) bond motifs is 11. The minimum absolute atomic E-state index is 0.687. The van der Waals surface area contributed by atoms with Gasteiger partial charge in [-0.3, -0.25) is 0 Å². The van der Waals surface area contributed by atoms with Gasteiger partial charge < -0.3 is 9.13 Å². The molecule has 0 bridgehead atoms. The molecule has 6 heteroatoms. The third-order valence-corrected chi connectivity index (χ3v) is 24.5. The van der Waals surface area contributed by atoms with E-state index in [1.807, 2.05) is 0 Å². The molecule has 0 saturated heterocycles. The van der Waals surface area contributed by atoms with Gasteiger partial charge in [-0.25, -0.2) is 19.9 Å². The van der Waals surface area contributed by atoms with Gasteiger partial charge >= 0.3 is 0 Å². The average molecular weight is 1580 g/mol. The third-order valence-electron chi connectivity index (χ3n) is 24.5. The molecule has 0 aliphatic heterocycles. The van der Waals surface area contributed by atoms with Crippen molar-refractivity contribution >= 4 is 97.7 Å². The van der Waals surface area contributed by atoms with Crippen LogP contribution in [0.25, 0.3) is 232 Å². The highest BCUT2D eigenvalue weighted by atomic mass is 15.0. The molecule has 0 unspecified atom stereocenters. The Morgan fingerprint density at radius 3 is 0.847 bits per heavy atom. The van der Waals surface area contributed by atoms with Crippen LogP contribution in [0, 0.1) is 0 Å². The zero-order chi connectivity index (χ0) is 82.0. The molecule has 4 heterocycles. The maximum atomic E-state index is 5.39. The predicted molar refractivity (Wildman–Crippen MR) is 520 cm³/mol. The van der Waals surface area contributed by atoms with E-state index in [1.165, 1.54) is 109 Å².